The van der Waals surface area contributed by atoms with Crippen molar-refractivity contribution in [2.45, 2.75) is 20.3 Å². The third-order valence-corrected chi connectivity index (χ3v) is 4.02. The maximum Gasteiger partial charge on any atom is 0.263 e. The Kier molecular flexibility index (Phi) is 4.25. The molecule has 1 aliphatic rings. The van der Waals surface area contributed by atoms with Gasteiger partial charge < -0.3 is 0 Å². The molecule has 0 aliphatic carbocycles. The average Bonchev–Trinajstić information content (AvgIpc) is 2.85. The number of hydrazone groups is 1. The summed E-state index contributed by atoms with van der Waals surface area (Å²) in [5, 5.41) is 5.53. The molecule has 2 aromatic rings. The van der Waals surface area contributed by atoms with E-state index in [1.807, 2.05) is 19.1 Å². The van der Waals surface area contributed by atoms with Gasteiger partial charge in [-0.1, -0.05) is 29.8 Å². The fourth-order valence-electron chi connectivity index (χ4n) is 2.71. The normalized spacial score (nSPS) is 17.1. The van der Waals surface area contributed by atoms with Crippen LogP contribution in [0.3, 0.4) is 0 Å². The number of halogens is 1. The van der Waals surface area contributed by atoms with Gasteiger partial charge in [0.1, 0.15) is 11.7 Å². The van der Waals surface area contributed by atoms with E-state index in [-0.39, 0.29) is 23.9 Å². The van der Waals surface area contributed by atoms with Gasteiger partial charge in [-0.15, -0.1) is 0 Å². The van der Waals surface area contributed by atoms with Crippen LogP contribution in [0.4, 0.5) is 10.1 Å². The summed E-state index contributed by atoms with van der Waals surface area (Å²) >= 11 is 0. The third-order valence-electron chi connectivity index (χ3n) is 4.02. The van der Waals surface area contributed by atoms with Gasteiger partial charge in [0.15, 0.2) is 5.78 Å². The van der Waals surface area contributed by atoms with Gasteiger partial charge in [-0.3, -0.25) is 9.59 Å². The molecule has 0 unspecified atom stereocenters. The van der Waals surface area contributed by atoms with Crippen molar-refractivity contribution in [3.05, 3.63) is 65.5 Å². The highest BCUT2D eigenvalue weighted by molar-refractivity contribution is 6.27. The lowest BCUT2D eigenvalue weighted by atomic mass is 9.94. The Morgan fingerprint density at radius 2 is 1.71 bits per heavy atom. The predicted octanol–water partition coefficient (Wildman–Crippen LogP) is 3.28. The maximum atomic E-state index is 13.0. The first-order valence-electron chi connectivity index (χ1n) is 7.68. The molecule has 0 saturated heterocycles. The number of nitrogens with zero attached hydrogens (tertiary/aromatic N) is 2. The zero-order chi connectivity index (χ0) is 17.3. The molecule has 5 heteroatoms. The number of benzene rings is 2. The van der Waals surface area contributed by atoms with Gasteiger partial charge in [0.25, 0.3) is 5.91 Å². The number of hydrogen-bond donors (Lipinski definition) is 0. The van der Waals surface area contributed by atoms with Crippen LogP contribution in [-0.4, -0.2) is 17.4 Å². The second-order valence-electron chi connectivity index (χ2n) is 5.93. The molecule has 2 aromatic carbocycles. The Morgan fingerprint density at radius 3 is 2.33 bits per heavy atom. The molecule has 1 heterocycles. The molecule has 0 radical (unpaired) electrons. The van der Waals surface area contributed by atoms with Crippen molar-refractivity contribution in [3.63, 3.8) is 0 Å². The monoisotopic (exact) mass is 324 g/mol. The van der Waals surface area contributed by atoms with Crippen molar-refractivity contribution in [2.75, 3.05) is 5.01 Å². The summed E-state index contributed by atoms with van der Waals surface area (Å²) in [5.41, 5.74) is 2.88. The van der Waals surface area contributed by atoms with E-state index >= 15 is 0 Å². The van der Waals surface area contributed by atoms with Crippen LogP contribution >= 0.6 is 0 Å². The van der Waals surface area contributed by atoms with Crippen LogP contribution in [0.5, 0.6) is 0 Å². The fraction of sp³-hybridized carbons (Fsp3) is 0.211. The number of amides is 1. The Bertz CT molecular complexity index is 810. The molecule has 0 bridgehead atoms. The quantitative estimate of drug-likeness (QED) is 0.810. The molecule has 24 heavy (non-hydrogen) atoms. The molecule has 0 fully saturated rings. The number of hydrogen-bond acceptors (Lipinski definition) is 3. The van der Waals surface area contributed by atoms with E-state index in [2.05, 4.69) is 5.10 Å². The number of carbonyl (C=O) groups is 2. The molecule has 0 aromatic heterocycles. The smallest absolute Gasteiger partial charge is 0.263 e. The third kappa shape index (κ3) is 3.11. The number of aryl methyl sites for hydroxylation is 1. The zero-order valence-electron chi connectivity index (χ0n) is 13.5. The molecule has 4 nitrogen and oxygen atoms in total. The number of carbonyl (C=O) groups excluding carboxylic acids is 2. The van der Waals surface area contributed by atoms with Crippen LogP contribution in [0.1, 0.15) is 18.1 Å². The summed E-state index contributed by atoms with van der Waals surface area (Å²) in [6.45, 7) is 3.64. The average molecular weight is 324 g/mol. The van der Waals surface area contributed by atoms with Crippen LogP contribution in [0.2, 0.25) is 0 Å². The molecule has 1 atom stereocenters. The molecule has 1 aliphatic heterocycles. The van der Waals surface area contributed by atoms with E-state index in [0.29, 0.717) is 17.0 Å². The number of anilines is 1. The van der Waals surface area contributed by atoms with Crippen molar-refractivity contribution in [1.29, 1.82) is 0 Å². The molecule has 3 rings (SSSR count). The van der Waals surface area contributed by atoms with Crippen LogP contribution in [0.15, 0.2) is 53.6 Å². The highest BCUT2D eigenvalue weighted by atomic mass is 19.1. The van der Waals surface area contributed by atoms with E-state index in [9.17, 15) is 14.0 Å². The summed E-state index contributed by atoms with van der Waals surface area (Å²) in [5.74, 6) is -1.81. The number of rotatable bonds is 4. The molecule has 0 saturated carbocycles. The zero-order valence-corrected chi connectivity index (χ0v) is 13.5. The molecular formula is C19H17FN2O2. The van der Waals surface area contributed by atoms with E-state index in [1.54, 1.807) is 31.2 Å². The first-order chi connectivity index (χ1) is 11.5. The van der Waals surface area contributed by atoms with Gasteiger partial charge in [-0.2, -0.15) is 10.1 Å². The van der Waals surface area contributed by atoms with Crippen LogP contribution in [-0.2, 0) is 16.0 Å². The van der Waals surface area contributed by atoms with Gasteiger partial charge in [-0.05, 0) is 43.7 Å². The van der Waals surface area contributed by atoms with E-state index < -0.39 is 5.92 Å². The predicted molar refractivity (Wildman–Crippen MR) is 90.4 cm³/mol. The van der Waals surface area contributed by atoms with Crippen molar-refractivity contribution in [1.82, 2.24) is 0 Å². The summed E-state index contributed by atoms with van der Waals surface area (Å²) in [6.07, 6.45) is 0.0747. The Hall–Kier alpha value is -2.82. The van der Waals surface area contributed by atoms with Gasteiger partial charge in [0, 0.05) is 6.42 Å². The Labute approximate surface area is 139 Å². The highest BCUT2D eigenvalue weighted by Crippen LogP contribution is 2.25. The van der Waals surface area contributed by atoms with Crippen LogP contribution in [0.25, 0.3) is 0 Å². The summed E-state index contributed by atoms with van der Waals surface area (Å²) in [4.78, 5) is 25.1. The number of Topliss-reactive ketones (excluding diaryl/α,β-unsaturated/α-hetero) is 1. The molecule has 1 amide bonds. The molecular weight excluding hydrogens is 307 g/mol. The van der Waals surface area contributed by atoms with Crippen LogP contribution < -0.4 is 5.01 Å². The van der Waals surface area contributed by atoms with Gasteiger partial charge >= 0.3 is 0 Å². The van der Waals surface area contributed by atoms with Gasteiger partial charge in [0.2, 0.25) is 0 Å². The Morgan fingerprint density at radius 1 is 1.08 bits per heavy atom. The summed E-state index contributed by atoms with van der Waals surface area (Å²) < 4.78 is 13.0. The lowest BCUT2D eigenvalue weighted by Gasteiger charge is -2.14. The Balaban J connectivity index is 1.78. The topological polar surface area (TPSA) is 49.7 Å². The molecule has 122 valence electrons. The second-order valence-corrected chi connectivity index (χ2v) is 5.93. The van der Waals surface area contributed by atoms with Gasteiger partial charge in [-0.25, -0.2) is 4.39 Å². The van der Waals surface area contributed by atoms with Crippen molar-refractivity contribution in [2.24, 2.45) is 11.0 Å². The van der Waals surface area contributed by atoms with Crippen molar-refractivity contribution >= 4 is 23.1 Å². The van der Waals surface area contributed by atoms with Gasteiger partial charge in [0.05, 0.1) is 11.4 Å². The first kappa shape index (κ1) is 16.1. The minimum atomic E-state index is -0.878. The highest BCUT2D eigenvalue weighted by Gasteiger charge is 2.39. The maximum absolute atomic E-state index is 13.0. The summed E-state index contributed by atoms with van der Waals surface area (Å²) in [7, 11) is 0. The van der Waals surface area contributed by atoms with Crippen molar-refractivity contribution in [3.8, 4) is 0 Å². The fourth-order valence-corrected chi connectivity index (χ4v) is 2.71. The first-order valence-corrected chi connectivity index (χ1v) is 7.68. The molecule has 0 spiro atoms. The van der Waals surface area contributed by atoms with E-state index in [0.717, 1.165) is 5.56 Å². The lowest BCUT2D eigenvalue weighted by Crippen LogP contribution is -2.33. The second kappa shape index (κ2) is 6.35. The van der Waals surface area contributed by atoms with Crippen LogP contribution in [0, 0.1) is 18.7 Å². The SMILES string of the molecule is CC1=NN(c2ccc(C)cc2)C(=O)[C@H]1C(=O)Cc1ccc(F)cc1. The lowest BCUT2D eigenvalue weighted by molar-refractivity contribution is -0.128. The standard InChI is InChI=1S/C19H17FN2O2/c1-12-3-9-16(10-4-12)22-19(24)18(13(2)21-22)17(23)11-14-5-7-15(20)8-6-14/h3-10,18H,11H2,1-2H3/t18-/m1/s1. The molecule has 0 N–H and O–H groups in total. The summed E-state index contributed by atoms with van der Waals surface area (Å²) in [6, 6.07) is 13.1. The largest absolute Gasteiger partial charge is 0.298 e. The van der Waals surface area contributed by atoms with E-state index in [4.69, 9.17) is 0 Å². The number of ketones is 1. The van der Waals surface area contributed by atoms with E-state index in [1.165, 1.54) is 17.1 Å². The minimum absolute atomic E-state index is 0.0747. The van der Waals surface area contributed by atoms with Crippen molar-refractivity contribution < 1.29 is 14.0 Å². The minimum Gasteiger partial charge on any atom is -0.298 e.